The summed E-state index contributed by atoms with van der Waals surface area (Å²) >= 11 is 0. The molecular formula is C24H21F2N3O4. The van der Waals surface area contributed by atoms with Gasteiger partial charge in [0.1, 0.15) is 0 Å². The van der Waals surface area contributed by atoms with E-state index in [4.69, 9.17) is 4.74 Å². The zero-order valence-corrected chi connectivity index (χ0v) is 17.5. The fourth-order valence-corrected chi connectivity index (χ4v) is 4.40. The van der Waals surface area contributed by atoms with Crippen LogP contribution in [0.25, 0.3) is 21.7 Å². The van der Waals surface area contributed by atoms with Crippen LogP contribution in [0.4, 0.5) is 8.78 Å². The van der Waals surface area contributed by atoms with Crippen molar-refractivity contribution in [2.24, 2.45) is 0 Å². The molecule has 2 aromatic carbocycles. The van der Waals surface area contributed by atoms with Gasteiger partial charge in [0.05, 0.1) is 36.0 Å². The van der Waals surface area contributed by atoms with Gasteiger partial charge in [-0.05, 0) is 41.5 Å². The molecule has 0 aliphatic carbocycles. The highest BCUT2D eigenvalue weighted by molar-refractivity contribution is 6.06. The molecule has 7 nitrogen and oxygen atoms in total. The van der Waals surface area contributed by atoms with Crippen molar-refractivity contribution < 1.29 is 23.4 Å². The van der Waals surface area contributed by atoms with Crippen LogP contribution in [0.5, 0.6) is 5.88 Å². The zero-order valence-electron chi connectivity index (χ0n) is 17.5. The number of aliphatic hydroxyl groups excluding tert-OH is 1. The van der Waals surface area contributed by atoms with Crippen molar-refractivity contribution in [1.82, 2.24) is 14.5 Å². The number of alkyl halides is 2. The van der Waals surface area contributed by atoms with Gasteiger partial charge in [0, 0.05) is 24.3 Å². The summed E-state index contributed by atoms with van der Waals surface area (Å²) in [4.78, 5) is 21.8. The molecule has 3 heterocycles. The smallest absolute Gasteiger partial charge is 0.388 e. The van der Waals surface area contributed by atoms with Crippen molar-refractivity contribution >= 4 is 21.7 Å². The molecule has 0 unspecified atom stereocenters. The molecule has 9 heteroatoms. The average Bonchev–Trinajstić information content (AvgIpc) is 2.80. The summed E-state index contributed by atoms with van der Waals surface area (Å²) in [6.45, 7) is -2.33. The standard InChI is InChI=1S/C24H21F2N3O4/c25-24(26)33-21-10-14(5-7-27-21)9-15-11-18-22(17-4-2-1-3-16(15)17)28-13-29(23(18)31)19-6-8-32-12-20(19)30/h1-5,7,10-11,13,19-20,24,30H,6,8-9,12H2/t19-,20-/m0/s1. The summed E-state index contributed by atoms with van der Waals surface area (Å²) in [6.07, 6.45) is 3.01. The second-order valence-corrected chi connectivity index (χ2v) is 7.99. The van der Waals surface area contributed by atoms with Gasteiger partial charge in [0.25, 0.3) is 5.56 Å². The van der Waals surface area contributed by atoms with Crippen molar-refractivity contribution in [1.29, 1.82) is 0 Å². The molecule has 0 bridgehead atoms. The topological polar surface area (TPSA) is 86.5 Å². The number of aliphatic hydroxyl groups is 1. The Bertz CT molecular complexity index is 1380. The number of halogens is 2. The first-order valence-corrected chi connectivity index (χ1v) is 10.6. The minimum Gasteiger partial charge on any atom is -0.417 e. The van der Waals surface area contributed by atoms with Crippen LogP contribution in [0, 0.1) is 0 Å². The first-order valence-electron chi connectivity index (χ1n) is 10.6. The fourth-order valence-electron chi connectivity index (χ4n) is 4.40. The second kappa shape index (κ2) is 8.84. The van der Waals surface area contributed by atoms with E-state index in [2.05, 4.69) is 14.7 Å². The predicted octanol–water partition coefficient (Wildman–Crippen LogP) is 3.46. The van der Waals surface area contributed by atoms with Crippen LogP contribution < -0.4 is 10.3 Å². The maximum atomic E-state index is 13.5. The van der Waals surface area contributed by atoms with Crippen LogP contribution in [0.1, 0.15) is 23.6 Å². The van der Waals surface area contributed by atoms with E-state index >= 15 is 0 Å². The van der Waals surface area contributed by atoms with E-state index in [1.54, 1.807) is 12.1 Å². The van der Waals surface area contributed by atoms with Gasteiger partial charge in [-0.1, -0.05) is 24.3 Å². The molecule has 1 N–H and O–H groups in total. The summed E-state index contributed by atoms with van der Waals surface area (Å²) in [7, 11) is 0. The second-order valence-electron chi connectivity index (χ2n) is 7.99. The van der Waals surface area contributed by atoms with Gasteiger partial charge >= 0.3 is 6.61 Å². The van der Waals surface area contributed by atoms with Gasteiger partial charge in [0.15, 0.2) is 0 Å². The molecule has 0 spiro atoms. The molecule has 1 aliphatic rings. The lowest BCUT2D eigenvalue weighted by molar-refractivity contribution is -0.0528. The van der Waals surface area contributed by atoms with Crippen molar-refractivity contribution in [3.63, 3.8) is 0 Å². The monoisotopic (exact) mass is 453 g/mol. The number of ether oxygens (including phenoxy) is 2. The SMILES string of the molecule is O=c1c2cc(Cc3ccnc(OC(F)F)c3)c3ccccc3c2ncn1[C@H]1CCOC[C@@H]1O. The summed E-state index contributed by atoms with van der Waals surface area (Å²) < 4.78 is 36.4. The number of benzene rings is 2. The quantitative estimate of drug-likeness (QED) is 0.466. The lowest BCUT2D eigenvalue weighted by atomic mass is 9.96. The Balaban J connectivity index is 1.64. The molecule has 4 aromatic rings. The highest BCUT2D eigenvalue weighted by atomic mass is 19.3. The molecule has 2 atom stereocenters. The molecule has 1 aliphatic heterocycles. The van der Waals surface area contributed by atoms with E-state index < -0.39 is 18.8 Å². The van der Waals surface area contributed by atoms with E-state index in [9.17, 15) is 18.7 Å². The minimum atomic E-state index is -2.96. The van der Waals surface area contributed by atoms with E-state index in [0.29, 0.717) is 35.9 Å². The van der Waals surface area contributed by atoms with Gasteiger partial charge in [0.2, 0.25) is 5.88 Å². The van der Waals surface area contributed by atoms with Gasteiger partial charge in [-0.2, -0.15) is 8.78 Å². The summed E-state index contributed by atoms with van der Waals surface area (Å²) in [5.74, 6) is -0.162. The Kier molecular flexibility index (Phi) is 5.74. The Morgan fingerprint density at radius 2 is 1.97 bits per heavy atom. The Hall–Kier alpha value is -3.43. The third-order valence-electron chi connectivity index (χ3n) is 5.93. The third kappa shape index (κ3) is 4.17. The number of nitrogens with zero attached hydrogens (tertiary/aromatic N) is 3. The van der Waals surface area contributed by atoms with Crippen LogP contribution in [0.15, 0.2) is 59.8 Å². The molecule has 1 fully saturated rings. The summed E-state index contributed by atoms with van der Waals surface area (Å²) in [5.41, 5.74) is 1.90. The molecule has 2 aromatic heterocycles. The molecule has 33 heavy (non-hydrogen) atoms. The van der Waals surface area contributed by atoms with E-state index in [1.807, 2.05) is 24.3 Å². The molecule has 0 amide bonds. The van der Waals surface area contributed by atoms with Gasteiger partial charge in [-0.15, -0.1) is 0 Å². The Morgan fingerprint density at radius 1 is 1.15 bits per heavy atom. The first-order chi connectivity index (χ1) is 16.0. The van der Waals surface area contributed by atoms with Crippen molar-refractivity contribution in [2.45, 2.75) is 31.6 Å². The van der Waals surface area contributed by atoms with Gasteiger partial charge in [-0.25, -0.2) is 9.97 Å². The Labute approximate surface area is 187 Å². The number of rotatable bonds is 5. The van der Waals surface area contributed by atoms with Crippen molar-refractivity contribution in [3.8, 4) is 5.88 Å². The molecule has 0 radical (unpaired) electrons. The van der Waals surface area contributed by atoms with Crippen LogP contribution in [-0.4, -0.2) is 45.6 Å². The number of hydrogen-bond acceptors (Lipinski definition) is 6. The van der Waals surface area contributed by atoms with Crippen LogP contribution in [0.3, 0.4) is 0 Å². The highest BCUT2D eigenvalue weighted by Crippen LogP contribution is 2.29. The normalized spacial score (nSPS) is 18.8. The zero-order chi connectivity index (χ0) is 22.9. The van der Waals surface area contributed by atoms with Crippen LogP contribution in [-0.2, 0) is 11.2 Å². The van der Waals surface area contributed by atoms with Gasteiger partial charge in [-0.3, -0.25) is 9.36 Å². The van der Waals surface area contributed by atoms with E-state index in [-0.39, 0.29) is 18.0 Å². The van der Waals surface area contributed by atoms with E-state index in [1.165, 1.54) is 23.2 Å². The third-order valence-corrected chi connectivity index (χ3v) is 5.93. The largest absolute Gasteiger partial charge is 0.417 e. The number of aromatic nitrogens is 3. The maximum absolute atomic E-state index is 13.5. The van der Waals surface area contributed by atoms with Crippen molar-refractivity contribution in [3.05, 3.63) is 76.5 Å². The van der Waals surface area contributed by atoms with Crippen LogP contribution >= 0.6 is 0 Å². The average molecular weight is 453 g/mol. The summed E-state index contributed by atoms with van der Waals surface area (Å²) in [6, 6.07) is 12.2. The minimum absolute atomic E-state index is 0.162. The Morgan fingerprint density at radius 3 is 2.76 bits per heavy atom. The van der Waals surface area contributed by atoms with Gasteiger partial charge < -0.3 is 14.6 Å². The van der Waals surface area contributed by atoms with Crippen LogP contribution in [0.2, 0.25) is 0 Å². The van der Waals surface area contributed by atoms with Crippen molar-refractivity contribution in [2.75, 3.05) is 13.2 Å². The lowest BCUT2D eigenvalue weighted by Crippen LogP contribution is -2.39. The fraction of sp³-hybridized carbons (Fsp3) is 0.292. The predicted molar refractivity (Wildman–Crippen MR) is 118 cm³/mol. The summed E-state index contributed by atoms with van der Waals surface area (Å²) in [5, 5.41) is 12.5. The first kappa shape index (κ1) is 21.4. The van der Waals surface area contributed by atoms with E-state index in [0.717, 1.165) is 16.3 Å². The molecular weight excluding hydrogens is 432 g/mol. The molecule has 5 rings (SSSR count). The molecule has 0 saturated carbocycles. The molecule has 170 valence electrons. The molecule has 1 saturated heterocycles. The number of fused-ring (bicyclic) bond motifs is 3. The number of pyridine rings is 1. The highest BCUT2D eigenvalue weighted by Gasteiger charge is 2.27. The lowest BCUT2D eigenvalue weighted by Gasteiger charge is -2.29. The number of hydrogen-bond donors (Lipinski definition) is 1. The maximum Gasteiger partial charge on any atom is 0.388 e.